The molecule has 0 radical (unpaired) electrons. The van der Waals surface area contributed by atoms with Gasteiger partial charge in [0.25, 0.3) is 0 Å². The summed E-state index contributed by atoms with van der Waals surface area (Å²) in [4.78, 5) is 4.79. The van der Waals surface area contributed by atoms with Gasteiger partial charge in [0.05, 0.1) is 23.7 Å². The third kappa shape index (κ3) is 4.64. The van der Waals surface area contributed by atoms with Gasteiger partial charge in [0, 0.05) is 36.8 Å². The van der Waals surface area contributed by atoms with Crippen molar-refractivity contribution < 1.29 is 13.2 Å². The molecular formula is C22H25N3O3S. The number of rotatable bonds is 8. The molecule has 2 heterocycles. The maximum Gasteiger partial charge on any atom is 0.243 e. The van der Waals surface area contributed by atoms with Crippen LogP contribution in [0.25, 0.3) is 10.9 Å². The molecule has 7 heteroatoms. The van der Waals surface area contributed by atoms with E-state index in [-0.39, 0.29) is 0 Å². The number of pyridine rings is 1. The molecule has 0 bridgehead atoms. The summed E-state index contributed by atoms with van der Waals surface area (Å²) in [5.74, 6) is 0. The van der Waals surface area contributed by atoms with Crippen LogP contribution in [-0.2, 0) is 27.9 Å². The third-order valence-corrected chi connectivity index (χ3v) is 7.05. The van der Waals surface area contributed by atoms with E-state index in [9.17, 15) is 8.42 Å². The summed E-state index contributed by atoms with van der Waals surface area (Å²) in [6, 6.07) is 17.1. The molecular weight excluding hydrogens is 386 g/mol. The third-order valence-electron chi connectivity index (χ3n) is 5.13. The first-order valence-electron chi connectivity index (χ1n) is 9.85. The van der Waals surface area contributed by atoms with Gasteiger partial charge in [-0.3, -0.25) is 10.3 Å². The van der Waals surface area contributed by atoms with E-state index < -0.39 is 10.0 Å². The Hall–Kier alpha value is -2.32. The summed E-state index contributed by atoms with van der Waals surface area (Å²) in [5, 5.41) is 4.33. The van der Waals surface area contributed by atoms with Gasteiger partial charge < -0.3 is 4.74 Å². The molecule has 1 fully saturated rings. The molecule has 1 aliphatic heterocycles. The van der Waals surface area contributed by atoms with E-state index in [2.05, 4.69) is 10.3 Å². The van der Waals surface area contributed by atoms with Crippen LogP contribution in [-0.4, -0.2) is 37.5 Å². The van der Waals surface area contributed by atoms with Gasteiger partial charge in [-0.15, -0.1) is 0 Å². The van der Waals surface area contributed by atoms with E-state index in [1.807, 2.05) is 42.5 Å². The van der Waals surface area contributed by atoms with Crippen LogP contribution in [0.3, 0.4) is 0 Å². The molecule has 0 aliphatic carbocycles. The average Bonchev–Trinajstić information content (AvgIpc) is 3.30. The van der Waals surface area contributed by atoms with E-state index in [1.54, 1.807) is 22.6 Å². The molecule has 1 N–H and O–H groups in total. The number of para-hydroxylation sites is 1. The van der Waals surface area contributed by atoms with E-state index >= 15 is 0 Å². The Morgan fingerprint density at radius 2 is 1.76 bits per heavy atom. The summed E-state index contributed by atoms with van der Waals surface area (Å²) < 4.78 is 32.4. The predicted octanol–water partition coefficient (Wildman–Crippen LogP) is 3.28. The minimum atomic E-state index is -3.35. The Bertz CT molecular complexity index is 1060. The lowest BCUT2D eigenvalue weighted by Gasteiger charge is -2.15. The minimum Gasteiger partial charge on any atom is -0.362 e. The second-order valence-corrected chi connectivity index (χ2v) is 9.10. The zero-order chi connectivity index (χ0) is 20.1. The van der Waals surface area contributed by atoms with Crippen molar-refractivity contribution in [2.75, 3.05) is 19.8 Å². The lowest BCUT2D eigenvalue weighted by molar-refractivity contribution is 0.103. The highest BCUT2D eigenvalue weighted by molar-refractivity contribution is 7.89. The van der Waals surface area contributed by atoms with Gasteiger partial charge in [0.15, 0.2) is 0 Å². The minimum absolute atomic E-state index is 0.364. The fraction of sp³-hybridized carbons (Fsp3) is 0.318. The van der Waals surface area contributed by atoms with Gasteiger partial charge in [-0.2, -0.15) is 4.31 Å². The van der Waals surface area contributed by atoms with Gasteiger partial charge in [0.2, 0.25) is 10.0 Å². The molecule has 0 atom stereocenters. The van der Waals surface area contributed by atoms with Crippen molar-refractivity contribution in [3.05, 3.63) is 71.9 Å². The molecule has 1 aromatic heterocycles. The monoisotopic (exact) mass is 411 g/mol. The van der Waals surface area contributed by atoms with Crippen LogP contribution in [0.1, 0.15) is 24.0 Å². The van der Waals surface area contributed by atoms with Crippen LogP contribution in [0.4, 0.5) is 0 Å². The van der Waals surface area contributed by atoms with Gasteiger partial charge >= 0.3 is 0 Å². The number of benzene rings is 2. The molecule has 4 rings (SSSR count). The molecule has 0 amide bonds. The summed E-state index contributed by atoms with van der Waals surface area (Å²) in [6.07, 6.45) is 3.67. The van der Waals surface area contributed by atoms with Gasteiger partial charge in [-0.05, 0) is 36.6 Å². The van der Waals surface area contributed by atoms with E-state index in [4.69, 9.17) is 4.74 Å². The highest BCUT2D eigenvalue weighted by Crippen LogP contribution is 2.21. The lowest BCUT2D eigenvalue weighted by Crippen LogP contribution is -2.27. The Morgan fingerprint density at radius 1 is 1.00 bits per heavy atom. The van der Waals surface area contributed by atoms with Crippen molar-refractivity contribution in [3.8, 4) is 0 Å². The second-order valence-electron chi connectivity index (χ2n) is 7.17. The Balaban J connectivity index is 1.27. The quantitative estimate of drug-likeness (QED) is 0.455. The number of nitrogens with one attached hydrogen (secondary N) is 1. The van der Waals surface area contributed by atoms with Crippen molar-refractivity contribution >= 4 is 20.9 Å². The first kappa shape index (κ1) is 20.0. The Morgan fingerprint density at radius 3 is 2.55 bits per heavy atom. The molecule has 1 saturated heterocycles. The predicted molar refractivity (Wildman–Crippen MR) is 113 cm³/mol. The van der Waals surface area contributed by atoms with E-state index in [0.717, 1.165) is 34.9 Å². The molecule has 29 heavy (non-hydrogen) atoms. The first-order valence-corrected chi connectivity index (χ1v) is 11.3. The first-order chi connectivity index (χ1) is 14.1. The summed E-state index contributed by atoms with van der Waals surface area (Å²) in [6.45, 7) is 2.73. The number of aromatic nitrogens is 1. The van der Waals surface area contributed by atoms with E-state index in [1.165, 1.54) is 0 Å². The maximum atomic E-state index is 12.6. The Labute approximate surface area is 171 Å². The molecule has 152 valence electrons. The number of hydrogen-bond donors (Lipinski definition) is 1. The standard InChI is InChI=1S/C22H25N3O3S/c26-29(27,25-13-1-2-14-25)21-10-8-18(9-11-21)15-23-17-28-16-20-6-3-5-19-7-4-12-24-22(19)20/h3-12,23H,1-2,13-17H2. The second kappa shape index (κ2) is 9.00. The number of nitrogens with zero attached hydrogens (tertiary/aromatic N) is 2. The number of hydrogen-bond acceptors (Lipinski definition) is 5. The van der Waals surface area contributed by atoms with Crippen molar-refractivity contribution in [2.45, 2.75) is 30.9 Å². The zero-order valence-corrected chi connectivity index (χ0v) is 17.1. The Kier molecular flexibility index (Phi) is 6.20. The SMILES string of the molecule is O=S(=O)(c1ccc(CNCOCc2cccc3cccnc23)cc1)N1CCCC1. The van der Waals surface area contributed by atoms with Crippen molar-refractivity contribution in [1.82, 2.24) is 14.6 Å². The summed E-state index contributed by atoms with van der Waals surface area (Å²) in [7, 11) is -3.35. The lowest BCUT2D eigenvalue weighted by atomic mass is 10.1. The fourth-order valence-electron chi connectivity index (χ4n) is 3.57. The van der Waals surface area contributed by atoms with Crippen molar-refractivity contribution in [1.29, 1.82) is 0 Å². The highest BCUT2D eigenvalue weighted by Gasteiger charge is 2.26. The van der Waals surface area contributed by atoms with Crippen molar-refractivity contribution in [3.63, 3.8) is 0 Å². The largest absolute Gasteiger partial charge is 0.362 e. The maximum absolute atomic E-state index is 12.6. The zero-order valence-electron chi connectivity index (χ0n) is 16.3. The topological polar surface area (TPSA) is 71.5 Å². The molecule has 3 aromatic rings. The van der Waals surface area contributed by atoms with Crippen molar-refractivity contribution in [2.24, 2.45) is 0 Å². The van der Waals surface area contributed by atoms with Crippen LogP contribution in [0, 0.1) is 0 Å². The smallest absolute Gasteiger partial charge is 0.243 e. The molecule has 1 aliphatic rings. The molecule has 0 saturated carbocycles. The van der Waals surface area contributed by atoms with E-state index in [0.29, 0.717) is 37.9 Å². The van der Waals surface area contributed by atoms with Gasteiger partial charge in [-0.25, -0.2) is 8.42 Å². The number of sulfonamides is 1. The van der Waals surface area contributed by atoms with Crippen LogP contribution in [0.5, 0.6) is 0 Å². The number of ether oxygens (including phenoxy) is 1. The van der Waals surface area contributed by atoms with Crippen LogP contribution >= 0.6 is 0 Å². The fourth-order valence-corrected chi connectivity index (χ4v) is 5.09. The molecule has 2 aromatic carbocycles. The summed E-state index contributed by atoms with van der Waals surface area (Å²) in [5.41, 5.74) is 3.03. The average molecular weight is 412 g/mol. The van der Waals surface area contributed by atoms with Gasteiger partial charge in [0.1, 0.15) is 0 Å². The molecule has 0 unspecified atom stereocenters. The van der Waals surface area contributed by atoms with Crippen LogP contribution in [0.2, 0.25) is 0 Å². The molecule has 6 nitrogen and oxygen atoms in total. The van der Waals surface area contributed by atoms with Crippen LogP contribution < -0.4 is 5.32 Å². The number of fused-ring (bicyclic) bond motifs is 1. The normalized spacial score (nSPS) is 15.2. The molecule has 0 spiro atoms. The van der Waals surface area contributed by atoms with Gasteiger partial charge in [-0.1, -0.05) is 36.4 Å². The highest BCUT2D eigenvalue weighted by atomic mass is 32.2. The van der Waals surface area contributed by atoms with Crippen LogP contribution in [0.15, 0.2) is 65.7 Å². The summed E-state index contributed by atoms with van der Waals surface area (Å²) >= 11 is 0.